The minimum atomic E-state index is -0.118. The van der Waals surface area contributed by atoms with E-state index in [1.807, 2.05) is 24.3 Å². The second-order valence-electron chi connectivity index (χ2n) is 3.91. The highest BCUT2D eigenvalue weighted by atomic mass is 16.1. The van der Waals surface area contributed by atoms with Gasteiger partial charge in [0.15, 0.2) is 5.78 Å². The molecule has 0 aliphatic rings. The zero-order valence-corrected chi connectivity index (χ0v) is 9.76. The van der Waals surface area contributed by atoms with Gasteiger partial charge in [-0.15, -0.1) is 0 Å². The Morgan fingerprint density at radius 3 is 2.50 bits per heavy atom. The molecule has 0 heterocycles. The van der Waals surface area contributed by atoms with Crippen LogP contribution < -0.4 is 5.73 Å². The monoisotopic (exact) mass is 236 g/mol. The van der Waals surface area contributed by atoms with Crippen molar-refractivity contribution in [1.29, 1.82) is 5.26 Å². The SMILES string of the molecule is N#CCc1cccc(C(=O)c2ccccc2)c1N. The van der Waals surface area contributed by atoms with Crippen LogP contribution in [-0.4, -0.2) is 5.78 Å². The fraction of sp³-hybridized carbons (Fsp3) is 0.0667. The van der Waals surface area contributed by atoms with Gasteiger partial charge in [-0.3, -0.25) is 4.79 Å². The molecule has 2 rings (SSSR count). The molecule has 2 N–H and O–H groups in total. The standard InChI is InChI=1S/C15H12N2O/c16-10-9-11-7-4-8-13(14(11)17)15(18)12-5-2-1-3-6-12/h1-8H,9,17H2. The first-order valence-corrected chi connectivity index (χ1v) is 5.58. The van der Waals surface area contributed by atoms with Gasteiger partial charge in [-0.05, 0) is 11.6 Å². The molecule has 0 saturated heterocycles. The van der Waals surface area contributed by atoms with Crippen LogP contribution in [0.15, 0.2) is 48.5 Å². The molecule has 3 nitrogen and oxygen atoms in total. The Morgan fingerprint density at radius 1 is 1.11 bits per heavy atom. The third-order valence-electron chi connectivity index (χ3n) is 2.75. The first kappa shape index (κ1) is 11.9. The van der Waals surface area contributed by atoms with Crippen LogP contribution >= 0.6 is 0 Å². The summed E-state index contributed by atoms with van der Waals surface area (Å²) in [6, 6.07) is 16.2. The van der Waals surface area contributed by atoms with Gasteiger partial charge in [0.2, 0.25) is 0 Å². The number of hydrogen-bond acceptors (Lipinski definition) is 3. The van der Waals surface area contributed by atoms with Gasteiger partial charge in [0.25, 0.3) is 0 Å². The summed E-state index contributed by atoms with van der Waals surface area (Å²) in [5, 5.41) is 8.70. The van der Waals surface area contributed by atoms with Crippen molar-refractivity contribution in [1.82, 2.24) is 0 Å². The predicted octanol–water partition coefficient (Wildman–Crippen LogP) is 2.57. The third-order valence-corrected chi connectivity index (χ3v) is 2.75. The van der Waals surface area contributed by atoms with Gasteiger partial charge in [-0.2, -0.15) is 5.26 Å². The fourth-order valence-corrected chi connectivity index (χ4v) is 1.80. The quantitative estimate of drug-likeness (QED) is 0.657. The molecule has 3 heteroatoms. The summed E-state index contributed by atoms with van der Waals surface area (Å²) in [7, 11) is 0. The van der Waals surface area contributed by atoms with E-state index in [2.05, 4.69) is 0 Å². The average Bonchev–Trinajstić information content (AvgIpc) is 2.42. The van der Waals surface area contributed by atoms with E-state index < -0.39 is 0 Å². The Bertz CT molecular complexity index is 612. The lowest BCUT2D eigenvalue weighted by Crippen LogP contribution is -2.07. The molecule has 0 unspecified atom stereocenters. The summed E-state index contributed by atoms with van der Waals surface area (Å²) in [5.41, 5.74) is 8.07. The maximum atomic E-state index is 12.3. The molecule has 0 aromatic heterocycles. The van der Waals surface area contributed by atoms with Crippen LogP contribution in [0.25, 0.3) is 0 Å². The average molecular weight is 236 g/mol. The Hall–Kier alpha value is -2.60. The largest absolute Gasteiger partial charge is 0.398 e. The molecule has 0 atom stereocenters. The van der Waals surface area contributed by atoms with E-state index >= 15 is 0 Å². The molecule has 0 bridgehead atoms. The molecule has 0 radical (unpaired) electrons. The van der Waals surface area contributed by atoms with Crippen molar-refractivity contribution in [3.8, 4) is 6.07 Å². The molecule has 2 aromatic rings. The van der Waals surface area contributed by atoms with Crippen molar-refractivity contribution >= 4 is 11.5 Å². The molecular formula is C15H12N2O. The van der Waals surface area contributed by atoms with Crippen LogP contribution in [0.4, 0.5) is 5.69 Å². The summed E-state index contributed by atoms with van der Waals surface area (Å²) in [6.07, 6.45) is 0.210. The number of rotatable bonds is 3. The van der Waals surface area contributed by atoms with E-state index in [0.29, 0.717) is 22.4 Å². The van der Waals surface area contributed by atoms with Gasteiger partial charge in [0.1, 0.15) is 0 Å². The Morgan fingerprint density at radius 2 is 1.83 bits per heavy atom. The lowest BCUT2D eigenvalue weighted by Gasteiger charge is -2.08. The highest BCUT2D eigenvalue weighted by molar-refractivity contribution is 6.12. The van der Waals surface area contributed by atoms with E-state index in [4.69, 9.17) is 11.0 Å². The molecular weight excluding hydrogens is 224 g/mol. The zero-order valence-electron chi connectivity index (χ0n) is 9.76. The maximum absolute atomic E-state index is 12.3. The number of anilines is 1. The number of ketones is 1. The molecule has 0 spiro atoms. The van der Waals surface area contributed by atoms with Crippen LogP contribution in [0.1, 0.15) is 21.5 Å². The molecule has 18 heavy (non-hydrogen) atoms. The minimum Gasteiger partial charge on any atom is -0.398 e. The van der Waals surface area contributed by atoms with E-state index in [-0.39, 0.29) is 12.2 Å². The predicted molar refractivity (Wildman–Crippen MR) is 70.0 cm³/mol. The van der Waals surface area contributed by atoms with E-state index in [0.717, 1.165) is 0 Å². The van der Waals surface area contributed by atoms with Gasteiger partial charge in [0, 0.05) is 16.8 Å². The van der Waals surface area contributed by atoms with Crippen molar-refractivity contribution in [2.75, 3.05) is 5.73 Å². The Balaban J connectivity index is 2.44. The van der Waals surface area contributed by atoms with Crippen molar-refractivity contribution in [3.05, 3.63) is 65.2 Å². The topological polar surface area (TPSA) is 66.9 Å². The first-order chi connectivity index (χ1) is 8.74. The third kappa shape index (κ3) is 2.23. The van der Waals surface area contributed by atoms with Gasteiger partial charge in [-0.1, -0.05) is 42.5 Å². The number of nitriles is 1. The van der Waals surface area contributed by atoms with Gasteiger partial charge >= 0.3 is 0 Å². The van der Waals surface area contributed by atoms with Crippen molar-refractivity contribution in [2.45, 2.75) is 6.42 Å². The smallest absolute Gasteiger partial charge is 0.195 e. The maximum Gasteiger partial charge on any atom is 0.195 e. The van der Waals surface area contributed by atoms with E-state index in [1.165, 1.54) is 0 Å². The molecule has 0 fully saturated rings. The highest BCUT2D eigenvalue weighted by Gasteiger charge is 2.13. The molecule has 0 aliphatic heterocycles. The number of carbonyl (C=O) groups excluding carboxylic acids is 1. The van der Waals surface area contributed by atoms with Crippen molar-refractivity contribution in [3.63, 3.8) is 0 Å². The molecule has 0 aliphatic carbocycles. The lowest BCUT2D eigenvalue weighted by atomic mass is 9.98. The molecule has 2 aromatic carbocycles. The molecule has 88 valence electrons. The van der Waals surface area contributed by atoms with Crippen LogP contribution in [0.2, 0.25) is 0 Å². The molecule has 0 saturated carbocycles. The number of carbonyl (C=O) groups is 1. The highest BCUT2D eigenvalue weighted by Crippen LogP contribution is 2.21. The van der Waals surface area contributed by atoms with E-state index in [1.54, 1.807) is 30.3 Å². The van der Waals surface area contributed by atoms with Crippen LogP contribution in [0.5, 0.6) is 0 Å². The zero-order chi connectivity index (χ0) is 13.0. The van der Waals surface area contributed by atoms with Gasteiger partial charge < -0.3 is 5.73 Å². The molecule has 0 amide bonds. The summed E-state index contributed by atoms with van der Waals surface area (Å²) < 4.78 is 0. The van der Waals surface area contributed by atoms with Crippen molar-refractivity contribution < 1.29 is 4.79 Å². The number of hydrogen-bond donors (Lipinski definition) is 1. The summed E-state index contributed by atoms with van der Waals surface area (Å²) in [5.74, 6) is -0.118. The van der Waals surface area contributed by atoms with Crippen LogP contribution in [-0.2, 0) is 6.42 Å². The van der Waals surface area contributed by atoms with Gasteiger partial charge in [-0.25, -0.2) is 0 Å². The Labute approximate surface area is 105 Å². The number of nitrogens with two attached hydrogens (primary N) is 1. The second-order valence-corrected chi connectivity index (χ2v) is 3.91. The first-order valence-electron chi connectivity index (χ1n) is 5.58. The summed E-state index contributed by atoms with van der Waals surface area (Å²) in [4.78, 5) is 12.3. The number of benzene rings is 2. The van der Waals surface area contributed by atoms with E-state index in [9.17, 15) is 4.79 Å². The number of para-hydroxylation sites is 1. The summed E-state index contributed by atoms with van der Waals surface area (Å²) >= 11 is 0. The van der Waals surface area contributed by atoms with Crippen LogP contribution in [0.3, 0.4) is 0 Å². The van der Waals surface area contributed by atoms with Crippen molar-refractivity contribution in [2.24, 2.45) is 0 Å². The van der Waals surface area contributed by atoms with Crippen LogP contribution in [0, 0.1) is 11.3 Å². The number of nitrogens with zero attached hydrogens (tertiary/aromatic N) is 1. The Kier molecular flexibility index (Phi) is 3.40. The fourth-order valence-electron chi connectivity index (χ4n) is 1.80. The van der Waals surface area contributed by atoms with Gasteiger partial charge in [0.05, 0.1) is 12.5 Å². The second kappa shape index (κ2) is 5.15. The normalized spacial score (nSPS) is 9.72. The lowest BCUT2D eigenvalue weighted by molar-refractivity contribution is 0.103. The minimum absolute atomic E-state index is 0.118. The number of nitrogen functional groups attached to an aromatic ring is 1. The summed E-state index contributed by atoms with van der Waals surface area (Å²) in [6.45, 7) is 0.